The predicted octanol–water partition coefficient (Wildman–Crippen LogP) is 5.78. The van der Waals surface area contributed by atoms with Gasteiger partial charge >= 0.3 is 0 Å². The van der Waals surface area contributed by atoms with E-state index in [4.69, 9.17) is 15.1 Å². The van der Waals surface area contributed by atoms with Gasteiger partial charge in [-0.2, -0.15) is 4.52 Å². The van der Waals surface area contributed by atoms with Gasteiger partial charge in [-0.3, -0.25) is 0 Å². The lowest BCUT2D eigenvalue weighted by Gasteiger charge is -2.40. The fourth-order valence-corrected chi connectivity index (χ4v) is 6.51. The van der Waals surface area contributed by atoms with Crippen LogP contribution in [-0.2, 0) is 6.42 Å². The maximum absolute atomic E-state index is 13.4. The zero-order valence-corrected chi connectivity index (χ0v) is 22.4. The Morgan fingerprint density at radius 2 is 1.73 bits per heavy atom. The third kappa shape index (κ3) is 4.82. The first kappa shape index (κ1) is 24.3. The average Bonchev–Trinajstić information content (AvgIpc) is 3.59. The van der Waals surface area contributed by atoms with Crippen LogP contribution in [0.2, 0.25) is 0 Å². The van der Waals surface area contributed by atoms with Crippen LogP contribution in [-0.4, -0.2) is 63.8 Å². The normalized spacial score (nSPS) is 17.5. The van der Waals surface area contributed by atoms with Crippen molar-refractivity contribution in [2.45, 2.75) is 51.5 Å². The zero-order chi connectivity index (χ0) is 25.4. The van der Waals surface area contributed by atoms with Gasteiger partial charge in [0.05, 0.1) is 11.4 Å². The van der Waals surface area contributed by atoms with E-state index in [9.17, 15) is 4.39 Å². The number of halogens is 1. The van der Waals surface area contributed by atoms with E-state index < -0.39 is 0 Å². The average molecular weight is 520 g/mol. The summed E-state index contributed by atoms with van der Waals surface area (Å²) in [5, 5.41) is 7.95. The second-order valence-corrected chi connectivity index (χ2v) is 10.9. The number of anilines is 3. The summed E-state index contributed by atoms with van der Waals surface area (Å²) in [6.45, 7) is 6.72. The number of hydrogen-bond donors (Lipinski definition) is 0. The summed E-state index contributed by atoms with van der Waals surface area (Å²) >= 11 is 1.57. The van der Waals surface area contributed by atoms with Crippen molar-refractivity contribution in [3.8, 4) is 11.3 Å². The summed E-state index contributed by atoms with van der Waals surface area (Å²) in [5.74, 6) is 1.71. The van der Waals surface area contributed by atoms with E-state index in [2.05, 4.69) is 33.8 Å². The van der Waals surface area contributed by atoms with E-state index >= 15 is 0 Å². The van der Waals surface area contributed by atoms with Gasteiger partial charge in [-0.25, -0.2) is 14.4 Å². The molecule has 0 atom stereocenters. The molecule has 7 nitrogen and oxygen atoms in total. The molecular weight excluding hydrogens is 485 g/mol. The van der Waals surface area contributed by atoms with Gasteiger partial charge in [0.15, 0.2) is 16.6 Å². The second kappa shape index (κ2) is 10.4. The van der Waals surface area contributed by atoms with Crippen LogP contribution in [0.4, 0.5) is 21.2 Å². The molecule has 0 unspecified atom stereocenters. The SMILES string of the molecule is CCc1nc2ccc(N3CCC(N4CCCCC4)CC3)nn2c1N(C)c1nc(-c2ccc(F)cc2)cs1. The monoisotopic (exact) mass is 519 g/mol. The van der Waals surface area contributed by atoms with Crippen molar-refractivity contribution >= 4 is 33.8 Å². The largest absolute Gasteiger partial charge is 0.355 e. The fraction of sp³-hybridized carbons (Fsp3) is 0.464. The third-order valence-corrected chi connectivity index (χ3v) is 8.69. The van der Waals surface area contributed by atoms with Crippen LogP contribution < -0.4 is 9.80 Å². The van der Waals surface area contributed by atoms with E-state index in [1.165, 1.54) is 57.3 Å². The molecular formula is C28H34FN7S. The number of benzene rings is 1. The fourth-order valence-electron chi connectivity index (χ4n) is 5.70. The Hall–Kier alpha value is -3.04. The molecule has 0 radical (unpaired) electrons. The molecule has 2 saturated heterocycles. The molecule has 194 valence electrons. The lowest BCUT2D eigenvalue weighted by molar-refractivity contribution is 0.141. The van der Waals surface area contributed by atoms with Crippen LogP contribution in [0.15, 0.2) is 41.8 Å². The van der Waals surface area contributed by atoms with Crippen molar-refractivity contribution in [3.63, 3.8) is 0 Å². The highest BCUT2D eigenvalue weighted by Gasteiger charge is 2.27. The molecule has 4 aromatic rings. The lowest BCUT2D eigenvalue weighted by Crippen LogP contribution is -2.47. The molecule has 0 saturated carbocycles. The summed E-state index contributed by atoms with van der Waals surface area (Å²) < 4.78 is 15.4. The topological polar surface area (TPSA) is 52.8 Å². The molecule has 2 fully saturated rings. The summed E-state index contributed by atoms with van der Waals surface area (Å²) in [6.07, 6.45) is 7.27. The van der Waals surface area contributed by atoms with Gasteiger partial charge in [-0.15, -0.1) is 16.4 Å². The number of rotatable bonds is 6. The van der Waals surface area contributed by atoms with Gasteiger partial charge in [0.1, 0.15) is 11.6 Å². The summed E-state index contributed by atoms with van der Waals surface area (Å²) in [5.41, 5.74) is 3.58. The minimum absolute atomic E-state index is 0.243. The van der Waals surface area contributed by atoms with Gasteiger partial charge < -0.3 is 14.7 Å². The van der Waals surface area contributed by atoms with Crippen molar-refractivity contribution < 1.29 is 4.39 Å². The predicted molar refractivity (Wildman–Crippen MR) is 149 cm³/mol. The molecule has 3 aromatic heterocycles. The lowest BCUT2D eigenvalue weighted by atomic mass is 10.00. The van der Waals surface area contributed by atoms with Crippen LogP contribution in [0.3, 0.4) is 0 Å². The van der Waals surface area contributed by atoms with Crippen LogP contribution >= 0.6 is 11.3 Å². The van der Waals surface area contributed by atoms with Gasteiger partial charge in [-0.05, 0) is 81.6 Å². The Bertz CT molecular complexity index is 1350. The Morgan fingerprint density at radius 3 is 2.46 bits per heavy atom. The Balaban J connectivity index is 1.25. The number of piperidine rings is 2. The first-order valence-electron chi connectivity index (χ1n) is 13.4. The maximum atomic E-state index is 13.4. The Morgan fingerprint density at radius 1 is 0.973 bits per heavy atom. The van der Waals surface area contributed by atoms with Gasteiger partial charge in [0.25, 0.3) is 0 Å². The van der Waals surface area contributed by atoms with Crippen molar-refractivity contribution in [2.75, 3.05) is 43.0 Å². The summed E-state index contributed by atoms with van der Waals surface area (Å²) in [7, 11) is 2.02. The van der Waals surface area contributed by atoms with Crippen LogP contribution in [0, 0.1) is 5.82 Å². The van der Waals surface area contributed by atoms with E-state index in [1.54, 1.807) is 23.5 Å². The van der Waals surface area contributed by atoms with E-state index in [0.717, 1.165) is 58.9 Å². The third-order valence-electron chi connectivity index (χ3n) is 7.78. The molecule has 0 N–H and O–H groups in total. The quantitative estimate of drug-likeness (QED) is 0.322. The number of likely N-dealkylation sites (tertiary alicyclic amines) is 1. The minimum Gasteiger partial charge on any atom is -0.355 e. The van der Waals surface area contributed by atoms with Crippen LogP contribution in [0.1, 0.15) is 44.7 Å². The highest BCUT2D eigenvalue weighted by atomic mass is 32.1. The van der Waals surface area contributed by atoms with E-state index in [0.29, 0.717) is 6.04 Å². The number of fused-ring (bicyclic) bond motifs is 1. The van der Waals surface area contributed by atoms with Crippen LogP contribution in [0.5, 0.6) is 0 Å². The molecule has 1 aromatic carbocycles. The number of hydrogen-bond acceptors (Lipinski definition) is 7. The summed E-state index contributed by atoms with van der Waals surface area (Å²) in [6, 6.07) is 11.4. The van der Waals surface area contributed by atoms with Crippen LogP contribution in [0.25, 0.3) is 16.9 Å². The number of imidazole rings is 1. The molecule has 0 spiro atoms. The number of thiazole rings is 1. The maximum Gasteiger partial charge on any atom is 0.191 e. The Labute approximate surface area is 221 Å². The zero-order valence-electron chi connectivity index (χ0n) is 21.6. The number of aromatic nitrogens is 4. The van der Waals surface area contributed by atoms with Crippen molar-refractivity contribution in [3.05, 3.63) is 53.3 Å². The first-order chi connectivity index (χ1) is 18.1. The number of aryl methyl sites for hydroxylation is 1. The Kier molecular flexibility index (Phi) is 6.82. The standard InChI is InChI=1S/C28H34FN7S/c1-3-23-27(33(2)28-31-24(19-37-28)20-7-9-21(29)10-8-20)36-25(30-23)11-12-26(32-36)35-17-13-22(14-18-35)34-15-5-4-6-16-34/h7-12,19,22H,3-6,13-18H2,1-2H3. The molecule has 0 amide bonds. The molecule has 5 heterocycles. The molecule has 6 rings (SSSR count). The molecule has 0 bridgehead atoms. The highest BCUT2D eigenvalue weighted by Crippen LogP contribution is 2.34. The molecule has 2 aliphatic rings. The van der Waals surface area contributed by atoms with E-state index in [1.807, 2.05) is 16.9 Å². The van der Waals surface area contributed by atoms with Gasteiger partial charge in [0, 0.05) is 37.1 Å². The van der Waals surface area contributed by atoms with Crippen molar-refractivity contribution in [1.29, 1.82) is 0 Å². The smallest absolute Gasteiger partial charge is 0.191 e. The molecule has 37 heavy (non-hydrogen) atoms. The molecule has 2 aliphatic heterocycles. The number of nitrogens with zero attached hydrogens (tertiary/aromatic N) is 7. The first-order valence-corrected chi connectivity index (χ1v) is 14.3. The van der Waals surface area contributed by atoms with Crippen molar-refractivity contribution in [2.24, 2.45) is 0 Å². The van der Waals surface area contributed by atoms with Crippen molar-refractivity contribution in [1.82, 2.24) is 24.5 Å². The van der Waals surface area contributed by atoms with Gasteiger partial charge in [0.2, 0.25) is 0 Å². The molecule has 0 aliphatic carbocycles. The van der Waals surface area contributed by atoms with E-state index in [-0.39, 0.29) is 5.82 Å². The summed E-state index contributed by atoms with van der Waals surface area (Å²) in [4.78, 5) is 16.9. The molecule has 9 heteroatoms. The second-order valence-electron chi connectivity index (χ2n) is 10.1. The highest BCUT2D eigenvalue weighted by molar-refractivity contribution is 7.14. The minimum atomic E-state index is -0.243. The van der Waals surface area contributed by atoms with Gasteiger partial charge in [-0.1, -0.05) is 13.3 Å².